The molecule has 0 aliphatic carbocycles. The third-order valence-electron chi connectivity index (χ3n) is 4.99. The molecule has 0 fully saturated rings. The molecule has 0 atom stereocenters. The largest absolute Gasteiger partial charge is 0.326 e. The molecule has 150 valence electrons. The standard InChI is InChI=1S/C25H23N3O2/c1-17-6-9-19(10-7-17)23(29)11-13-25(30)26-21-5-3-4-20(14-21)22-16-28-15-18(2)8-12-24(28)27-22/h3-10,12,14-16H,11,13H2,1-2H3,(H,26,30). The van der Waals surface area contributed by atoms with Gasteiger partial charge >= 0.3 is 0 Å². The summed E-state index contributed by atoms with van der Waals surface area (Å²) in [5, 5.41) is 2.89. The predicted octanol–water partition coefficient (Wildman–Crippen LogP) is 5.22. The van der Waals surface area contributed by atoms with E-state index in [9.17, 15) is 9.59 Å². The molecule has 4 rings (SSSR count). The first-order chi connectivity index (χ1) is 14.5. The van der Waals surface area contributed by atoms with E-state index in [4.69, 9.17) is 0 Å². The smallest absolute Gasteiger partial charge is 0.224 e. The number of hydrogen-bond donors (Lipinski definition) is 1. The van der Waals surface area contributed by atoms with Crippen LogP contribution in [0, 0.1) is 13.8 Å². The minimum Gasteiger partial charge on any atom is -0.326 e. The van der Waals surface area contributed by atoms with Crippen LogP contribution < -0.4 is 5.32 Å². The van der Waals surface area contributed by atoms with Gasteiger partial charge in [-0.15, -0.1) is 0 Å². The van der Waals surface area contributed by atoms with Gasteiger partial charge in [0.1, 0.15) is 5.65 Å². The van der Waals surface area contributed by atoms with Crippen molar-refractivity contribution in [2.24, 2.45) is 0 Å². The zero-order chi connectivity index (χ0) is 21.1. The van der Waals surface area contributed by atoms with Crippen molar-refractivity contribution in [2.45, 2.75) is 26.7 Å². The number of rotatable bonds is 6. The molecule has 0 aliphatic heterocycles. The Morgan fingerprint density at radius 1 is 0.900 bits per heavy atom. The molecule has 0 unspecified atom stereocenters. The van der Waals surface area contributed by atoms with Crippen LogP contribution in [-0.4, -0.2) is 21.1 Å². The lowest BCUT2D eigenvalue weighted by atomic mass is 10.0. The maximum Gasteiger partial charge on any atom is 0.224 e. The van der Waals surface area contributed by atoms with E-state index in [1.165, 1.54) is 0 Å². The molecular weight excluding hydrogens is 374 g/mol. The topological polar surface area (TPSA) is 63.5 Å². The Morgan fingerprint density at radius 2 is 1.67 bits per heavy atom. The molecule has 2 aromatic heterocycles. The summed E-state index contributed by atoms with van der Waals surface area (Å²) in [4.78, 5) is 29.3. The molecule has 30 heavy (non-hydrogen) atoms. The number of pyridine rings is 1. The van der Waals surface area contributed by atoms with E-state index in [2.05, 4.69) is 10.3 Å². The van der Waals surface area contributed by atoms with Crippen LogP contribution in [0.3, 0.4) is 0 Å². The molecule has 5 heteroatoms. The average molecular weight is 397 g/mol. The SMILES string of the molecule is Cc1ccc(C(=O)CCC(=O)Nc2cccc(-c3cn4cc(C)ccc4n3)c2)cc1. The predicted molar refractivity (Wildman–Crippen MR) is 119 cm³/mol. The second-order valence-corrected chi connectivity index (χ2v) is 7.52. The Morgan fingerprint density at radius 3 is 2.47 bits per heavy atom. The first kappa shape index (κ1) is 19.6. The highest BCUT2D eigenvalue weighted by Crippen LogP contribution is 2.23. The number of amides is 1. The van der Waals surface area contributed by atoms with Gasteiger partial charge in [-0.25, -0.2) is 4.98 Å². The lowest BCUT2D eigenvalue weighted by Crippen LogP contribution is -2.13. The van der Waals surface area contributed by atoms with Crippen LogP contribution in [0.2, 0.25) is 0 Å². The van der Waals surface area contributed by atoms with Crippen LogP contribution in [0.4, 0.5) is 5.69 Å². The van der Waals surface area contributed by atoms with E-state index < -0.39 is 0 Å². The van der Waals surface area contributed by atoms with Gasteiger partial charge in [-0.1, -0.05) is 48.0 Å². The summed E-state index contributed by atoms with van der Waals surface area (Å²) in [6.45, 7) is 4.02. The van der Waals surface area contributed by atoms with E-state index in [0.717, 1.165) is 28.0 Å². The molecule has 0 spiro atoms. The number of Topliss-reactive ketones (excluding diaryl/α,β-unsaturated/α-hetero) is 1. The number of aromatic nitrogens is 2. The molecule has 0 saturated heterocycles. The van der Waals surface area contributed by atoms with Gasteiger partial charge in [0.05, 0.1) is 5.69 Å². The van der Waals surface area contributed by atoms with E-state index in [1.54, 1.807) is 12.1 Å². The fraction of sp³-hybridized carbons (Fsp3) is 0.160. The molecule has 0 saturated carbocycles. The number of fused-ring (bicyclic) bond motifs is 1. The lowest BCUT2D eigenvalue weighted by Gasteiger charge is -2.07. The highest BCUT2D eigenvalue weighted by atomic mass is 16.2. The molecule has 0 aliphatic rings. The minimum absolute atomic E-state index is 0.0288. The third-order valence-corrected chi connectivity index (χ3v) is 4.99. The van der Waals surface area contributed by atoms with Gasteiger partial charge in [-0.05, 0) is 37.6 Å². The van der Waals surface area contributed by atoms with Crippen molar-refractivity contribution < 1.29 is 9.59 Å². The summed E-state index contributed by atoms with van der Waals surface area (Å²) in [5.41, 5.74) is 6.22. The number of nitrogens with one attached hydrogen (secondary N) is 1. The maximum absolute atomic E-state index is 12.3. The van der Waals surface area contributed by atoms with Crippen LogP contribution >= 0.6 is 0 Å². The Hall–Kier alpha value is -3.73. The van der Waals surface area contributed by atoms with Gasteiger partial charge in [0.2, 0.25) is 5.91 Å². The van der Waals surface area contributed by atoms with Crippen molar-refractivity contribution in [3.05, 3.63) is 89.7 Å². The first-order valence-electron chi connectivity index (χ1n) is 9.93. The second kappa shape index (κ2) is 8.33. The van der Waals surface area contributed by atoms with Crippen LogP contribution in [0.5, 0.6) is 0 Å². The lowest BCUT2D eigenvalue weighted by molar-refractivity contribution is -0.116. The third kappa shape index (κ3) is 4.46. The zero-order valence-corrected chi connectivity index (χ0v) is 17.1. The summed E-state index contributed by atoms with van der Waals surface area (Å²) in [6, 6.07) is 19.0. The fourth-order valence-electron chi connectivity index (χ4n) is 3.33. The molecule has 5 nitrogen and oxygen atoms in total. The Labute approximate surface area is 175 Å². The Kier molecular flexibility index (Phi) is 5.44. The van der Waals surface area contributed by atoms with Gasteiger partial charge in [0.25, 0.3) is 0 Å². The number of anilines is 1. The van der Waals surface area contributed by atoms with Gasteiger partial charge in [0, 0.05) is 42.0 Å². The zero-order valence-electron chi connectivity index (χ0n) is 17.1. The highest BCUT2D eigenvalue weighted by Gasteiger charge is 2.11. The van der Waals surface area contributed by atoms with Crippen LogP contribution in [0.1, 0.15) is 34.3 Å². The Balaban J connectivity index is 1.41. The van der Waals surface area contributed by atoms with Gasteiger partial charge in [0.15, 0.2) is 5.78 Å². The molecule has 0 bridgehead atoms. The molecule has 1 amide bonds. The van der Waals surface area contributed by atoms with Crippen molar-refractivity contribution in [1.29, 1.82) is 0 Å². The summed E-state index contributed by atoms with van der Waals surface area (Å²) in [6.07, 6.45) is 4.33. The van der Waals surface area contributed by atoms with Crippen molar-refractivity contribution in [3.63, 3.8) is 0 Å². The second-order valence-electron chi connectivity index (χ2n) is 7.52. The van der Waals surface area contributed by atoms with Crippen LogP contribution in [0.25, 0.3) is 16.9 Å². The molecule has 1 N–H and O–H groups in total. The van der Waals surface area contributed by atoms with Crippen LogP contribution in [-0.2, 0) is 4.79 Å². The van der Waals surface area contributed by atoms with Crippen molar-refractivity contribution >= 4 is 23.0 Å². The van der Waals surface area contributed by atoms with Gasteiger partial charge in [-0.2, -0.15) is 0 Å². The van der Waals surface area contributed by atoms with Crippen LogP contribution in [0.15, 0.2) is 73.1 Å². The molecule has 4 aromatic rings. The number of aryl methyl sites for hydroxylation is 2. The summed E-state index contributed by atoms with van der Waals surface area (Å²) in [5.74, 6) is -0.211. The minimum atomic E-state index is -0.182. The number of ketones is 1. The number of nitrogens with zero attached hydrogens (tertiary/aromatic N) is 2. The molecular formula is C25H23N3O2. The first-order valence-corrected chi connectivity index (χ1v) is 9.93. The van der Waals surface area contributed by atoms with E-state index in [0.29, 0.717) is 11.3 Å². The summed E-state index contributed by atoms with van der Waals surface area (Å²) in [7, 11) is 0. The molecule has 2 heterocycles. The molecule has 2 aromatic carbocycles. The van der Waals surface area contributed by atoms with E-state index >= 15 is 0 Å². The number of carbonyl (C=O) groups excluding carboxylic acids is 2. The van der Waals surface area contributed by atoms with E-state index in [1.807, 2.05) is 79.2 Å². The van der Waals surface area contributed by atoms with Crippen molar-refractivity contribution in [2.75, 3.05) is 5.32 Å². The van der Waals surface area contributed by atoms with Gasteiger partial charge in [-0.3, -0.25) is 9.59 Å². The van der Waals surface area contributed by atoms with Crippen molar-refractivity contribution in [3.8, 4) is 11.3 Å². The average Bonchev–Trinajstić information content (AvgIpc) is 3.16. The summed E-state index contributed by atoms with van der Waals surface area (Å²) < 4.78 is 1.99. The maximum atomic E-state index is 12.3. The Bertz CT molecular complexity index is 1220. The molecule has 0 radical (unpaired) electrons. The monoisotopic (exact) mass is 397 g/mol. The fourth-order valence-corrected chi connectivity index (χ4v) is 3.33. The normalized spacial score (nSPS) is 10.9. The number of benzene rings is 2. The van der Waals surface area contributed by atoms with Gasteiger partial charge < -0.3 is 9.72 Å². The number of imidazole rings is 1. The summed E-state index contributed by atoms with van der Waals surface area (Å²) >= 11 is 0. The number of hydrogen-bond acceptors (Lipinski definition) is 3. The van der Waals surface area contributed by atoms with E-state index in [-0.39, 0.29) is 24.5 Å². The highest BCUT2D eigenvalue weighted by molar-refractivity contribution is 6.00. The van der Waals surface area contributed by atoms with Crippen molar-refractivity contribution in [1.82, 2.24) is 9.38 Å². The number of carbonyl (C=O) groups is 2. The quantitative estimate of drug-likeness (QED) is 0.454.